The molecule has 1 aliphatic heterocycles. The van der Waals surface area contributed by atoms with Gasteiger partial charge in [-0.15, -0.1) is 0 Å². The molecule has 2 aliphatic rings. The van der Waals surface area contributed by atoms with E-state index in [4.69, 9.17) is 4.74 Å². The molecule has 124 valence electrons. The zero-order valence-electron chi connectivity index (χ0n) is 13.8. The van der Waals surface area contributed by atoms with Gasteiger partial charge in [0.1, 0.15) is 0 Å². The summed E-state index contributed by atoms with van der Waals surface area (Å²) in [7, 11) is 0. The highest BCUT2D eigenvalue weighted by Gasteiger charge is 2.30. The summed E-state index contributed by atoms with van der Waals surface area (Å²) in [5, 5.41) is 0. The first-order valence-electron chi connectivity index (χ1n) is 8.75. The van der Waals surface area contributed by atoms with Gasteiger partial charge in [-0.3, -0.25) is 4.79 Å². The van der Waals surface area contributed by atoms with Gasteiger partial charge < -0.3 is 9.64 Å². The average molecular weight is 315 g/mol. The number of likely N-dealkylation sites (tertiary alicyclic amines) is 1. The number of piperidine rings is 1. The molecule has 4 heteroatoms. The molecule has 0 aromatic heterocycles. The molecule has 1 aliphatic carbocycles. The minimum atomic E-state index is -0.447. The maximum Gasteiger partial charge on any atom is 0.417 e. The van der Waals surface area contributed by atoms with Crippen molar-refractivity contribution in [2.75, 3.05) is 6.54 Å². The number of esters is 1. The zero-order chi connectivity index (χ0) is 16.2. The van der Waals surface area contributed by atoms with Crippen molar-refractivity contribution >= 4 is 12.1 Å². The Kier molecular flexibility index (Phi) is 4.99. The van der Waals surface area contributed by atoms with Crippen LogP contribution in [0.4, 0.5) is 4.79 Å². The summed E-state index contributed by atoms with van der Waals surface area (Å²) >= 11 is 0. The molecule has 1 fully saturated rings. The van der Waals surface area contributed by atoms with Crippen molar-refractivity contribution in [3.8, 4) is 0 Å². The number of nitrogens with zero attached hydrogens (tertiary/aromatic N) is 1. The van der Waals surface area contributed by atoms with Crippen LogP contribution in [0.15, 0.2) is 24.3 Å². The molecule has 1 saturated heterocycles. The summed E-state index contributed by atoms with van der Waals surface area (Å²) in [6.45, 7) is 2.79. The fraction of sp³-hybridized carbons (Fsp3) is 0.579. The molecule has 0 bridgehead atoms. The lowest BCUT2D eigenvalue weighted by Crippen LogP contribution is -2.44. The van der Waals surface area contributed by atoms with Crippen molar-refractivity contribution in [1.29, 1.82) is 0 Å². The lowest BCUT2D eigenvalue weighted by Gasteiger charge is -2.33. The molecule has 23 heavy (non-hydrogen) atoms. The Bertz CT molecular complexity index is 559. The Morgan fingerprint density at radius 2 is 1.87 bits per heavy atom. The molecule has 3 rings (SSSR count). The predicted molar refractivity (Wildman–Crippen MR) is 88.1 cm³/mol. The summed E-state index contributed by atoms with van der Waals surface area (Å²) in [6.07, 6.45) is 5.76. The molecule has 0 saturated carbocycles. The molecular formula is C19H25NO3. The van der Waals surface area contributed by atoms with Gasteiger partial charge in [-0.25, -0.2) is 4.79 Å². The number of carbonyl (C=O) groups is 2. The highest BCUT2D eigenvalue weighted by molar-refractivity contribution is 5.85. The fourth-order valence-corrected chi connectivity index (χ4v) is 3.89. The lowest BCUT2D eigenvalue weighted by atomic mass is 10.0. The number of carbonyl (C=O) groups excluding carboxylic acids is 2. The van der Waals surface area contributed by atoms with Crippen LogP contribution in [0.2, 0.25) is 0 Å². The smallest absolute Gasteiger partial charge is 0.376 e. The van der Waals surface area contributed by atoms with Gasteiger partial charge in [0.2, 0.25) is 0 Å². The first-order chi connectivity index (χ1) is 11.2. The highest BCUT2D eigenvalue weighted by atomic mass is 16.6. The maximum atomic E-state index is 12.3. The van der Waals surface area contributed by atoms with E-state index in [0.717, 1.165) is 38.5 Å². The molecule has 1 unspecified atom stereocenters. The summed E-state index contributed by atoms with van der Waals surface area (Å²) in [4.78, 5) is 26.1. The van der Waals surface area contributed by atoms with E-state index in [1.165, 1.54) is 11.1 Å². The van der Waals surface area contributed by atoms with Gasteiger partial charge in [0.25, 0.3) is 0 Å². The van der Waals surface area contributed by atoms with Crippen molar-refractivity contribution in [3.05, 3.63) is 35.4 Å². The Morgan fingerprint density at radius 1 is 1.17 bits per heavy atom. The third-order valence-electron chi connectivity index (χ3n) is 5.12. The molecule has 1 heterocycles. The third-order valence-corrected chi connectivity index (χ3v) is 5.12. The van der Waals surface area contributed by atoms with Crippen molar-refractivity contribution < 1.29 is 14.3 Å². The Morgan fingerprint density at radius 3 is 2.52 bits per heavy atom. The van der Waals surface area contributed by atoms with Crippen LogP contribution in [0.25, 0.3) is 0 Å². The minimum absolute atomic E-state index is 0.222. The highest BCUT2D eigenvalue weighted by Crippen LogP contribution is 2.29. The van der Waals surface area contributed by atoms with Crippen LogP contribution in [0.5, 0.6) is 0 Å². The lowest BCUT2D eigenvalue weighted by molar-refractivity contribution is -0.139. The summed E-state index contributed by atoms with van der Waals surface area (Å²) < 4.78 is 5.13. The van der Waals surface area contributed by atoms with E-state index in [0.29, 0.717) is 13.0 Å². The van der Waals surface area contributed by atoms with Crippen LogP contribution in [0.1, 0.15) is 50.2 Å². The van der Waals surface area contributed by atoms with Gasteiger partial charge in [-0.1, -0.05) is 31.2 Å². The topological polar surface area (TPSA) is 46.6 Å². The van der Waals surface area contributed by atoms with E-state index in [9.17, 15) is 9.59 Å². The minimum Gasteiger partial charge on any atom is -0.376 e. The SMILES string of the molecule is CCC1CCCCN1C(=O)OC(=O)CC1Cc2ccccc2C1. The van der Waals surface area contributed by atoms with Crippen LogP contribution >= 0.6 is 0 Å². The van der Waals surface area contributed by atoms with Crippen molar-refractivity contribution in [2.24, 2.45) is 5.92 Å². The molecule has 1 aromatic rings. The number of fused-ring (bicyclic) bond motifs is 1. The fourth-order valence-electron chi connectivity index (χ4n) is 3.89. The second-order valence-electron chi connectivity index (χ2n) is 6.74. The molecule has 1 amide bonds. The summed E-state index contributed by atoms with van der Waals surface area (Å²) in [5.74, 6) is -0.121. The normalized spacial score (nSPS) is 21.1. The largest absolute Gasteiger partial charge is 0.417 e. The number of hydrogen-bond acceptors (Lipinski definition) is 3. The van der Waals surface area contributed by atoms with E-state index in [2.05, 4.69) is 19.1 Å². The molecule has 0 spiro atoms. The molecule has 0 N–H and O–H groups in total. The van der Waals surface area contributed by atoms with Crippen LogP contribution < -0.4 is 0 Å². The number of benzene rings is 1. The maximum absolute atomic E-state index is 12.3. The average Bonchev–Trinajstić information content (AvgIpc) is 2.96. The quantitative estimate of drug-likeness (QED) is 0.631. The van der Waals surface area contributed by atoms with E-state index in [-0.39, 0.29) is 17.9 Å². The predicted octanol–water partition coefficient (Wildman–Crippen LogP) is 3.72. The number of amides is 1. The molecule has 0 radical (unpaired) electrons. The number of hydrogen-bond donors (Lipinski definition) is 0. The zero-order valence-corrected chi connectivity index (χ0v) is 13.8. The van der Waals surface area contributed by atoms with E-state index in [1.54, 1.807) is 4.90 Å². The molecule has 4 nitrogen and oxygen atoms in total. The van der Waals surface area contributed by atoms with E-state index in [1.807, 2.05) is 12.1 Å². The van der Waals surface area contributed by atoms with Gasteiger partial charge in [0, 0.05) is 19.0 Å². The van der Waals surface area contributed by atoms with Crippen LogP contribution in [0.3, 0.4) is 0 Å². The molecular weight excluding hydrogens is 290 g/mol. The Balaban J connectivity index is 1.51. The van der Waals surface area contributed by atoms with Crippen LogP contribution in [-0.2, 0) is 22.4 Å². The van der Waals surface area contributed by atoms with Gasteiger partial charge >= 0.3 is 12.1 Å². The summed E-state index contributed by atoms with van der Waals surface area (Å²) in [5.41, 5.74) is 2.64. The summed E-state index contributed by atoms with van der Waals surface area (Å²) in [6, 6.07) is 8.52. The van der Waals surface area contributed by atoms with Gasteiger partial charge in [0.05, 0.1) is 0 Å². The molecule has 1 atom stereocenters. The van der Waals surface area contributed by atoms with Gasteiger partial charge in [-0.05, 0) is 55.6 Å². The van der Waals surface area contributed by atoms with E-state index < -0.39 is 6.09 Å². The van der Waals surface area contributed by atoms with Gasteiger partial charge in [-0.2, -0.15) is 0 Å². The number of ether oxygens (including phenoxy) is 1. The second kappa shape index (κ2) is 7.16. The van der Waals surface area contributed by atoms with Crippen LogP contribution in [0, 0.1) is 5.92 Å². The molecule has 1 aromatic carbocycles. The third kappa shape index (κ3) is 3.74. The van der Waals surface area contributed by atoms with Gasteiger partial charge in [0.15, 0.2) is 0 Å². The number of rotatable bonds is 3. The van der Waals surface area contributed by atoms with Crippen molar-refractivity contribution in [1.82, 2.24) is 4.90 Å². The van der Waals surface area contributed by atoms with Crippen molar-refractivity contribution in [2.45, 2.75) is 57.9 Å². The first-order valence-corrected chi connectivity index (χ1v) is 8.75. The Hall–Kier alpha value is -1.84. The van der Waals surface area contributed by atoms with Crippen molar-refractivity contribution in [3.63, 3.8) is 0 Å². The van der Waals surface area contributed by atoms with Crippen LogP contribution in [-0.4, -0.2) is 29.5 Å². The standard InChI is InChI=1S/C19H25NO3/c1-2-17-9-5-6-10-20(17)19(22)23-18(21)13-14-11-15-7-3-4-8-16(15)12-14/h3-4,7-8,14,17H,2,5-6,9-13H2,1H3. The first kappa shape index (κ1) is 16.0. The Labute approximate surface area is 137 Å². The second-order valence-corrected chi connectivity index (χ2v) is 6.74. The van der Waals surface area contributed by atoms with E-state index >= 15 is 0 Å². The monoisotopic (exact) mass is 315 g/mol.